The minimum absolute atomic E-state index is 0.0959. The average molecular weight is 350 g/mol. The number of rotatable bonds is 4. The zero-order valence-corrected chi connectivity index (χ0v) is 15.2. The summed E-state index contributed by atoms with van der Waals surface area (Å²) in [6, 6.07) is -0.454. The fourth-order valence-corrected chi connectivity index (χ4v) is 3.05. The molecule has 1 aliphatic rings. The second kappa shape index (κ2) is 8.18. The standard InChI is InChI=1S/C18H26N2O5/c1-10-11(2)24-12(3)15(10)17(22)25-13(4)16(21)20-18(23)19-14-8-6-5-7-9-14/h13-14H,5-9H2,1-4H3,(H2,19,20,21,23). The third kappa shape index (κ3) is 4.84. The second-order valence-corrected chi connectivity index (χ2v) is 6.56. The summed E-state index contributed by atoms with van der Waals surface area (Å²) in [5.74, 6) is -0.213. The summed E-state index contributed by atoms with van der Waals surface area (Å²) in [6.07, 6.45) is 4.09. The maximum absolute atomic E-state index is 12.3. The van der Waals surface area contributed by atoms with Crippen molar-refractivity contribution in [3.05, 3.63) is 22.6 Å². The normalized spacial score (nSPS) is 16.2. The summed E-state index contributed by atoms with van der Waals surface area (Å²) in [5, 5.41) is 5.01. The molecule has 1 aliphatic carbocycles. The molecule has 1 aromatic heterocycles. The summed E-state index contributed by atoms with van der Waals surface area (Å²) in [7, 11) is 0. The van der Waals surface area contributed by atoms with Gasteiger partial charge in [0, 0.05) is 11.6 Å². The molecule has 1 fully saturated rings. The van der Waals surface area contributed by atoms with Crippen molar-refractivity contribution in [3.63, 3.8) is 0 Å². The predicted molar refractivity (Wildman–Crippen MR) is 91.3 cm³/mol. The molecule has 0 aliphatic heterocycles. The van der Waals surface area contributed by atoms with Crippen LogP contribution in [0.25, 0.3) is 0 Å². The first-order valence-corrected chi connectivity index (χ1v) is 8.68. The highest BCUT2D eigenvalue weighted by molar-refractivity contribution is 5.99. The summed E-state index contributed by atoms with van der Waals surface area (Å²) >= 11 is 0. The Morgan fingerprint density at radius 3 is 2.28 bits per heavy atom. The van der Waals surface area contributed by atoms with Crippen molar-refractivity contribution in [2.45, 2.75) is 71.9 Å². The summed E-state index contributed by atoms with van der Waals surface area (Å²) in [5.41, 5.74) is 1.01. The predicted octanol–water partition coefficient (Wildman–Crippen LogP) is 2.91. The molecular weight excluding hydrogens is 324 g/mol. The van der Waals surface area contributed by atoms with Gasteiger partial charge < -0.3 is 14.5 Å². The molecule has 2 rings (SSSR count). The van der Waals surface area contributed by atoms with Crippen LogP contribution in [-0.2, 0) is 9.53 Å². The van der Waals surface area contributed by atoms with Crippen molar-refractivity contribution >= 4 is 17.9 Å². The molecule has 25 heavy (non-hydrogen) atoms. The summed E-state index contributed by atoms with van der Waals surface area (Å²) in [6.45, 7) is 6.60. The van der Waals surface area contributed by atoms with Crippen molar-refractivity contribution in [2.75, 3.05) is 0 Å². The fourth-order valence-electron chi connectivity index (χ4n) is 3.05. The number of hydrogen-bond donors (Lipinski definition) is 2. The van der Waals surface area contributed by atoms with Gasteiger partial charge in [0.05, 0.1) is 0 Å². The average Bonchev–Trinajstić information content (AvgIpc) is 2.80. The molecule has 7 heteroatoms. The van der Waals surface area contributed by atoms with Gasteiger partial charge in [-0.15, -0.1) is 0 Å². The first kappa shape index (κ1) is 19.0. The van der Waals surface area contributed by atoms with Gasteiger partial charge in [0.1, 0.15) is 17.1 Å². The van der Waals surface area contributed by atoms with Crippen molar-refractivity contribution in [3.8, 4) is 0 Å². The Hall–Kier alpha value is -2.31. The zero-order chi connectivity index (χ0) is 18.6. The van der Waals surface area contributed by atoms with Gasteiger partial charge in [-0.05, 0) is 40.5 Å². The van der Waals surface area contributed by atoms with Crippen LogP contribution in [0.5, 0.6) is 0 Å². The van der Waals surface area contributed by atoms with E-state index in [1.807, 2.05) is 0 Å². The van der Waals surface area contributed by atoms with Crippen LogP contribution in [0.4, 0.5) is 4.79 Å². The van der Waals surface area contributed by atoms with Crippen LogP contribution in [-0.4, -0.2) is 30.1 Å². The smallest absolute Gasteiger partial charge is 0.342 e. The van der Waals surface area contributed by atoms with Gasteiger partial charge in [0.2, 0.25) is 0 Å². The number of ether oxygens (including phenoxy) is 1. The van der Waals surface area contributed by atoms with Gasteiger partial charge >= 0.3 is 12.0 Å². The molecule has 3 amide bonds. The molecule has 2 N–H and O–H groups in total. The highest BCUT2D eigenvalue weighted by Gasteiger charge is 2.26. The van der Waals surface area contributed by atoms with Gasteiger partial charge in [-0.25, -0.2) is 9.59 Å². The molecule has 7 nitrogen and oxygen atoms in total. The van der Waals surface area contributed by atoms with E-state index in [1.165, 1.54) is 13.3 Å². The van der Waals surface area contributed by atoms with Gasteiger partial charge in [-0.2, -0.15) is 0 Å². The van der Waals surface area contributed by atoms with Crippen LogP contribution in [0.1, 0.15) is 66.5 Å². The highest BCUT2D eigenvalue weighted by Crippen LogP contribution is 2.22. The molecule has 0 spiro atoms. The Balaban J connectivity index is 1.86. The molecule has 0 saturated heterocycles. The Kier molecular flexibility index (Phi) is 6.22. The molecule has 0 radical (unpaired) electrons. The van der Waals surface area contributed by atoms with Crippen LogP contribution in [0.15, 0.2) is 4.42 Å². The number of hydrogen-bond acceptors (Lipinski definition) is 5. The van der Waals surface area contributed by atoms with Gasteiger partial charge in [-0.3, -0.25) is 10.1 Å². The van der Waals surface area contributed by atoms with E-state index in [1.54, 1.807) is 20.8 Å². The lowest BCUT2D eigenvalue weighted by molar-refractivity contribution is -0.127. The number of urea groups is 1. The second-order valence-electron chi connectivity index (χ2n) is 6.56. The maximum atomic E-state index is 12.3. The summed E-state index contributed by atoms with van der Waals surface area (Å²) in [4.78, 5) is 36.2. The van der Waals surface area contributed by atoms with E-state index >= 15 is 0 Å². The Morgan fingerprint density at radius 1 is 1.08 bits per heavy atom. The van der Waals surface area contributed by atoms with Crippen molar-refractivity contribution in [2.24, 2.45) is 0 Å². The lowest BCUT2D eigenvalue weighted by Crippen LogP contribution is -2.48. The largest absolute Gasteiger partial charge is 0.465 e. The van der Waals surface area contributed by atoms with Gasteiger partial charge in [0.25, 0.3) is 5.91 Å². The quantitative estimate of drug-likeness (QED) is 0.814. The molecule has 1 heterocycles. The van der Waals surface area contributed by atoms with E-state index in [0.717, 1.165) is 25.7 Å². The molecule has 1 atom stereocenters. The van der Waals surface area contributed by atoms with Crippen LogP contribution in [0.3, 0.4) is 0 Å². The third-order valence-corrected chi connectivity index (χ3v) is 4.60. The number of furan rings is 1. The monoisotopic (exact) mass is 350 g/mol. The number of amides is 3. The lowest BCUT2D eigenvalue weighted by Gasteiger charge is -2.23. The number of esters is 1. The molecule has 1 aromatic rings. The number of imide groups is 1. The van der Waals surface area contributed by atoms with E-state index in [0.29, 0.717) is 22.6 Å². The van der Waals surface area contributed by atoms with Crippen LogP contribution < -0.4 is 10.6 Å². The number of nitrogens with one attached hydrogen (secondary N) is 2. The fraction of sp³-hybridized carbons (Fsp3) is 0.611. The van der Waals surface area contributed by atoms with E-state index in [2.05, 4.69) is 10.6 Å². The first-order valence-electron chi connectivity index (χ1n) is 8.68. The zero-order valence-electron chi connectivity index (χ0n) is 15.2. The SMILES string of the molecule is Cc1oc(C)c(C(=O)OC(C)C(=O)NC(=O)NC2CCCCC2)c1C. The van der Waals surface area contributed by atoms with E-state index in [9.17, 15) is 14.4 Å². The van der Waals surface area contributed by atoms with Crippen LogP contribution in [0, 0.1) is 20.8 Å². The maximum Gasteiger partial charge on any atom is 0.342 e. The number of carbonyl (C=O) groups excluding carboxylic acids is 3. The number of aryl methyl sites for hydroxylation is 2. The molecule has 1 saturated carbocycles. The topological polar surface area (TPSA) is 97.6 Å². The molecule has 0 bridgehead atoms. The lowest BCUT2D eigenvalue weighted by atomic mass is 9.96. The minimum atomic E-state index is -1.08. The van der Waals surface area contributed by atoms with Gasteiger partial charge in [-0.1, -0.05) is 19.3 Å². The van der Waals surface area contributed by atoms with Crippen molar-refractivity contribution in [1.29, 1.82) is 0 Å². The molecule has 0 aromatic carbocycles. The van der Waals surface area contributed by atoms with Crippen LogP contribution >= 0.6 is 0 Å². The first-order chi connectivity index (χ1) is 11.8. The number of carbonyl (C=O) groups is 3. The van der Waals surface area contributed by atoms with Crippen molar-refractivity contribution in [1.82, 2.24) is 10.6 Å². The van der Waals surface area contributed by atoms with Crippen molar-refractivity contribution < 1.29 is 23.5 Å². The minimum Gasteiger partial charge on any atom is -0.465 e. The van der Waals surface area contributed by atoms with E-state index in [-0.39, 0.29) is 6.04 Å². The van der Waals surface area contributed by atoms with Gasteiger partial charge in [0.15, 0.2) is 6.10 Å². The van der Waals surface area contributed by atoms with Crippen LogP contribution in [0.2, 0.25) is 0 Å². The highest BCUT2D eigenvalue weighted by atomic mass is 16.5. The Bertz CT molecular complexity index is 659. The van der Waals surface area contributed by atoms with E-state index in [4.69, 9.17) is 9.15 Å². The summed E-state index contributed by atoms with van der Waals surface area (Å²) < 4.78 is 10.6. The van der Waals surface area contributed by atoms with E-state index < -0.39 is 24.0 Å². The molecule has 138 valence electrons. The third-order valence-electron chi connectivity index (χ3n) is 4.60. The molecular formula is C18H26N2O5. The Labute approximate surface area is 147 Å². The Morgan fingerprint density at radius 2 is 1.72 bits per heavy atom. The molecule has 1 unspecified atom stereocenters.